The van der Waals surface area contributed by atoms with Gasteiger partial charge in [0.1, 0.15) is 5.92 Å². The zero-order chi connectivity index (χ0) is 19.8. The molecule has 3 N–H and O–H groups in total. The van der Waals surface area contributed by atoms with Gasteiger partial charge in [-0.3, -0.25) is 4.79 Å². The van der Waals surface area contributed by atoms with Crippen LogP contribution in [0, 0.1) is 5.92 Å². The highest BCUT2D eigenvalue weighted by Gasteiger charge is 2.66. The summed E-state index contributed by atoms with van der Waals surface area (Å²) in [5, 5.41) is 16.0. The van der Waals surface area contributed by atoms with E-state index in [-0.39, 0.29) is 6.61 Å². The summed E-state index contributed by atoms with van der Waals surface area (Å²) in [6, 6.07) is 10.9. The van der Waals surface area contributed by atoms with Gasteiger partial charge >= 0.3 is 12.1 Å². The zero-order valence-corrected chi connectivity index (χ0v) is 15.0. The van der Waals surface area contributed by atoms with Gasteiger partial charge in [0.25, 0.3) is 5.72 Å². The van der Waals surface area contributed by atoms with Crippen LogP contribution in [-0.2, 0) is 9.53 Å². The molecule has 1 aliphatic heterocycles. The van der Waals surface area contributed by atoms with Gasteiger partial charge in [0, 0.05) is 0 Å². The highest BCUT2D eigenvalue weighted by atomic mass is 32.1. The van der Waals surface area contributed by atoms with Crippen LogP contribution in [0.2, 0.25) is 0 Å². The second kappa shape index (κ2) is 6.97. The first-order valence-corrected chi connectivity index (χ1v) is 8.62. The molecule has 5 nitrogen and oxygen atoms in total. The normalized spacial score (nSPS) is 25.6. The molecule has 0 spiro atoms. The first kappa shape index (κ1) is 19.4. The Balaban J connectivity index is 2.21. The van der Waals surface area contributed by atoms with E-state index in [1.165, 1.54) is 6.92 Å². The fraction of sp³-hybridized carbons (Fsp3) is 0.333. The number of hydrogen-bond donors (Lipinski definition) is 3. The third kappa shape index (κ3) is 3.32. The summed E-state index contributed by atoms with van der Waals surface area (Å²) in [5.74, 6) is -3.19. The Bertz CT molecular complexity index is 884. The van der Waals surface area contributed by atoms with E-state index < -0.39 is 34.9 Å². The fourth-order valence-electron chi connectivity index (χ4n) is 3.32. The van der Waals surface area contributed by atoms with E-state index in [0.717, 1.165) is 5.39 Å². The molecule has 0 unspecified atom stereocenters. The molecular formula is C18H17F3N2O3S. The van der Waals surface area contributed by atoms with Crippen molar-refractivity contribution in [3.8, 4) is 0 Å². The molecular weight excluding hydrogens is 381 g/mol. The Labute approximate surface area is 158 Å². The van der Waals surface area contributed by atoms with Gasteiger partial charge in [-0.25, -0.2) is 0 Å². The summed E-state index contributed by atoms with van der Waals surface area (Å²) >= 11 is 4.89. The van der Waals surface area contributed by atoms with Gasteiger partial charge < -0.3 is 20.5 Å². The number of aliphatic hydroxyl groups is 1. The third-order valence-corrected chi connectivity index (χ3v) is 4.73. The van der Waals surface area contributed by atoms with Crippen LogP contribution in [0.25, 0.3) is 10.8 Å². The predicted molar refractivity (Wildman–Crippen MR) is 96.7 cm³/mol. The smallest absolute Gasteiger partial charge is 0.437 e. The second-order valence-corrected chi connectivity index (χ2v) is 6.55. The Morgan fingerprint density at radius 3 is 2.59 bits per heavy atom. The summed E-state index contributed by atoms with van der Waals surface area (Å²) in [5.41, 5.74) is -3.17. The number of halogens is 3. The maximum Gasteiger partial charge on any atom is 0.437 e. The first-order chi connectivity index (χ1) is 12.7. The van der Waals surface area contributed by atoms with Crippen LogP contribution in [0.3, 0.4) is 0 Å². The van der Waals surface area contributed by atoms with Crippen molar-refractivity contribution in [1.29, 1.82) is 0 Å². The van der Waals surface area contributed by atoms with Crippen LogP contribution < -0.4 is 10.6 Å². The maximum absolute atomic E-state index is 13.7. The number of benzene rings is 2. The molecule has 1 aliphatic rings. The van der Waals surface area contributed by atoms with Crippen molar-refractivity contribution in [2.75, 3.05) is 6.61 Å². The second-order valence-electron chi connectivity index (χ2n) is 6.14. The number of rotatable bonds is 3. The minimum Gasteiger partial charge on any atom is -0.466 e. The largest absolute Gasteiger partial charge is 0.466 e. The number of carbonyl (C=O) groups excluding carboxylic acids is 1. The van der Waals surface area contributed by atoms with E-state index in [1.807, 2.05) is 5.32 Å². The lowest BCUT2D eigenvalue weighted by Crippen LogP contribution is -2.73. The van der Waals surface area contributed by atoms with Crippen molar-refractivity contribution in [2.45, 2.75) is 24.9 Å². The van der Waals surface area contributed by atoms with E-state index in [0.29, 0.717) is 10.9 Å². The van der Waals surface area contributed by atoms with Gasteiger partial charge in [-0.1, -0.05) is 42.5 Å². The van der Waals surface area contributed by atoms with Gasteiger partial charge in [0.15, 0.2) is 5.11 Å². The summed E-state index contributed by atoms with van der Waals surface area (Å²) in [7, 11) is 0. The third-order valence-electron chi connectivity index (χ3n) is 4.51. The zero-order valence-electron chi connectivity index (χ0n) is 14.2. The van der Waals surface area contributed by atoms with Crippen LogP contribution in [0.15, 0.2) is 42.5 Å². The highest BCUT2D eigenvalue weighted by Crippen LogP contribution is 2.44. The summed E-state index contributed by atoms with van der Waals surface area (Å²) < 4.78 is 46.1. The van der Waals surface area contributed by atoms with E-state index >= 15 is 0 Å². The minimum absolute atomic E-state index is 0.129. The molecule has 3 rings (SSSR count). The molecule has 144 valence electrons. The number of nitrogens with one attached hydrogen (secondary N) is 2. The monoisotopic (exact) mass is 398 g/mol. The minimum atomic E-state index is -5.17. The van der Waals surface area contributed by atoms with Gasteiger partial charge in [-0.15, -0.1) is 0 Å². The lowest BCUT2D eigenvalue weighted by Gasteiger charge is -2.45. The molecule has 0 aliphatic carbocycles. The standard InChI is InChI=1S/C18H17F3N2O3S/c1-2-26-15(24)13-14(22-16(27)23-17(13,25)18(19,20)21)12-9-5-7-10-6-3-4-8-11(10)12/h3-9,13-14,25H,2H2,1H3,(H2,22,23,27)/t13-,14+,17-/m0/s1. The molecule has 2 aromatic rings. The Morgan fingerprint density at radius 1 is 1.26 bits per heavy atom. The number of esters is 1. The number of carbonyl (C=O) groups is 1. The summed E-state index contributed by atoms with van der Waals surface area (Å²) in [4.78, 5) is 12.5. The van der Waals surface area contributed by atoms with E-state index in [4.69, 9.17) is 17.0 Å². The molecule has 0 aromatic heterocycles. The molecule has 27 heavy (non-hydrogen) atoms. The Morgan fingerprint density at radius 2 is 1.93 bits per heavy atom. The number of hydrogen-bond acceptors (Lipinski definition) is 4. The molecule has 1 saturated heterocycles. The van der Waals surface area contributed by atoms with E-state index in [9.17, 15) is 23.1 Å². The molecule has 9 heteroatoms. The molecule has 0 radical (unpaired) electrons. The molecule has 2 aromatic carbocycles. The molecule has 0 bridgehead atoms. The quantitative estimate of drug-likeness (QED) is 0.546. The Hall–Kier alpha value is -2.39. The summed E-state index contributed by atoms with van der Waals surface area (Å²) in [6.45, 7) is 1.35. The van der Waals surface area contributed by atoms with Crippen molar-refractivity contribution in [1.82, 2.24) is 10.6 Å². The molecule has 1 heterocycles. The number of ether oxygens (including phenoxy) is 1. The molecule has 3 atom stereocenters. The number of thiocarbonyl (C=S) groups is 1. The highest BCUT2D eigenvalue weighted by molar-refractivity contribution is 7.80. The fourth-order valence-corrected chi connectivity index (χ4v) is 3.60. The van der Waals surface area contributed by atoms with Gasteiger partial charge in [-0.2, -0.15) is 13.2 Å². The van der Waals surface area contributed by atoms with Crippen molar-refractivity contribution in [2.24, 2.45) is 5.92 Å². The van der Waals surface area contributed by atoms with Crippen LogP contribution in [-0.4, -0.2) is 34.7 Å². The summed E-state index contributed by atoms with van der Waals surface area (Å²) in [6.07, 6.45) is -5.17. The topological polar surface area (TPSA) is 70.6 Å². The average molecular weight is 398 g/mol. The average Bonchev–Trinajstić information content (AvgIpc) is 2.59. The maximum atomic E-state index is 13.7. The van der Waals surface area contributed by atoms with Crippen LogP contribution in [0.1, 0.15) is 18.5 Å². The lowest BCUT2D eigenvalue weighted by atomic mass is 9.80. The Kier molecular flexibility index (Phi) is 5.00. The number of fused-ring (bicyclic) bond motifs is 1. The van der Waals surface area contributed by atoms with Gasteiger partial charge in [-0.05, 0) is 35.5 Å². The van der Waals surface area contributed by atoms with Gasteiger partial charge in [0.05, 0.1) is 12.6 Å². The molecule has 1 fully saturated rings. The predicted octanol–water partition coefficient (Wildman–Crippen LogP) is 2.79. The molecule has 0 amide bonds. The van der Waals surface area contributed by atoms with Gasteiger partial charge in [0.2, 0.25) is 0 Å². The van der Waals surface area contributed by atoms with Crippen molar-refractivity contribution in [3.63, 3.8) is 0 Å². The van der Waals surface area contributed by atoms with Crippen LogP contribution in [0.4, 0.5) is 13.2 Å². The van der Waals surface area contributed by atoms with E-state index in [1.54, 1.807) is 42.5 Å². The van der Waals surface area contributed by atoms with Crippen LogP contribution in [0.5, 0.6) is 0 Å². The van der Waals surface area contributed by atoms with Crippen molar-refractivity contribution in [3.05, 3.63) is 48.0 Å². The SMILES string of the molecule is CCOC(=O)[C@@H]1[C@@H](c2cccc3ccccc23)NC(=S)N[C@@]1(O)C(F)(F)F. The lowest BCUT2D eigenvalue weighted by molar-refractivity contribution is -0.292. The number of alkyl halides is 3. The first-order valence-electron chi connectivity index (χ1n) is 8.21. The van der Waals surface area contributed by atoms with Crippen LogP contribution >= 0.6 is 12.2 Å². The van der Waals surface area contributed by atoms with E-state index in [2.05, 4.69) is 5.32 Å². The van der Waals surface area contributed by atoms with Crippen molar-refractivity contribution < 1.29 is 27.8 Å². The molecule has 0 saturated carbocycles. The van der Waals surface area contributed by atoms with Crippen molar-refractivity contribution >= 4 is 34.1 Å².